The fourth-order valence-electron chi connectivity index (χ4n) is 2.45. The Morgan fingerprint density at radius 1 is 1.08 bits per heavy atom. The highest BCUT2D eigenvalue weighted by atomic mass is 35.5. The van der Waals surface area contributed by atoms with Crippen LogP contribution in [0.1, 0.15) is 10.4 Å². The second kappa shape index (κ2) is 6.37. The van der Waals surface area contributed by atoms with Crippen LogP contribution >= 0.6 is 11.6 Å². The number of nitrogens with one attached hydrogen (secondary N) is 1. The molecule has 5 nitrogen and oxygen atoms in total. The van der Waals surface area contributed by atoms with Gasteiger partial charge in [0.1, 0.15) is 5.52 Å². The molecule has 6 heteroatoms. The van der Waals surface area contributed by atoms with Gasteiger partial charge in [-0.3, -0.25) is 9.78 Å². The van der Waals surface area contributed by atoms with Crippen LogP contribution < -0.4 is 5.32 Å². The van der Waals surface area contributed by atoms with Crippen molar-refractivity contribution in [2.24, 2.45) is 0 Å². The summed E-state index contributed by atoms with van der Waals surface area (Å²) in [7, 11) is 0. The average molecular weight is 350 g/mol. The van der Waals surface area contributed by atoms with Gasteiger partial charge in [-0.2, -0.15) is 0 Å². The summed E-state index contributed by atoms with van der Waals surface area (Å²) in [6, 6.07) is 16.0. The van der Waals surface area contributed by atoms with E-state index >= 15 is 0 Å². The molecule has 2 aromatic heterocycles. The number of hydrogen-bond donors (Lipinski definition) is 1. The highest BCUT2D eigenvalue weighted by Crippen LogP contribution is 2.32. The number of halogens is 1. The Balaban J connectivity index is 1.68. The summed E-state index contributed by atoms with van der Waals surface area (Å²) in [4.78, 5) is 20.7. The van der Waals surface area contributed by atoms with E-state index < -0.39 is 0 Å². The summed E-state index contributed by atoms with van der Waals surface area (Å²) in [6.45, 7) is 0. The van der Waals surface area contributed by atoms with Crippen molar-refractivity contribution in [1.82, 2.24) is 9.97 Å². The number of oxazole rings is 1. The molecule has 0 saturated heterocycles. The molecule has 1 N–H and O–H groups in total. The molecule has 2 aromatic carbocycles. The van der Waals surface area contributed by atoms with Gasteiger partial charge in [0, 0.05) is 18.1 Å². The van der Waals surface area contributed by atoms with Gasteiger partial charge in [0.15, 0.2) is 5.58 Å². The van der Waals surface area contributed by atoms with Crippen LogP contribution in [0.25, 0.3) is 22.6 Å². The molecule has 0 aliphatic heterocycles. The van der Waals surface area contributed by atoms with Crippen molar-refractivity contribution in [2.75, 3.05) is 5.32 Å². The van der Waals surface area contributed by atoms with Crippen LogP contribution in [0.4, 0.5) is 5.69 Å². The van der Waals surface area contributed by atoms with Crippen molar-refractivity contribution in [1.29, 1.82) is 0 Å². The summed E-state index contributed by atoms with van der Waals surface area (Å²) in [6.07, 6.45) is 3.12. The summed E-state index contributed by atoms with van der Waals surface area (Å²) < 4.78 is 5.76. The highest BCUT2D eigenvalue weighted by Gasteiger charge is 2.13. The van der Waals surface area contributed by atoms with E-state index in [0.29, 0.717) is 33.3 Å². The molecule has 0 atom stereocenters. The van der Waals surface area contributed by atoms with Crippen molar-refractivity contribution in [2.45, 2.75) is 0 Å². The number of anilines is 1. The lowest BCUT2D eigenvalue weighted by atomic mass is 10.2. The SMILES string of the molecule is O=C(Nc1ccc(Cl)c(-c2nc3ccccc3o2)c1)c1cccnc1. The molecule has 0 aliphatic rings. The molecular formula is C19H12ClN3O2. The molecule has 0 aliphatic carbocycles. The Hall–Kier alpha value is -3.18. The van der Waals surface area contributed by atoms with E-state index in [2.05, 4.69) is 15.3 Å². The maximum absolute atomic E-state index is 12.3. The minimum atomic E-state index is -0.251. The molecule has 0 unspecified atom stereocenters. The molecule has 2 heterocycles. The van der Waals surface area contributed by atoms with Gasteiger partial charge in [0.2, 0.25) is 5.89 Å². The Labute approximate surface area is 148 Å². The number of rotatable bonds is 3. The zero-order valence-electron chi connectivity index (χ0n) is 12.9. The predicted molar refractivity (Wildman–Crippen MR) is 96.6 cm³/mol. The number of nitrogens with zero attached hydrogens (tertiary/aromatic N) is 2. The van der Waals surface area contributed by atoms with Gasteiger partial charge in [-0.15, -0.1) is 0 Å². The van der Waals surface area contributed by atoms with Crippen LogP contribution in [-0.4, -0.2) is 15.9 Å². The third-order valence-electron chi connectivity index (χ3n) is 3.67. The number of carbonyl (C=O) groups is 1. The molecule has 0 radical (unpaired) electrons. The molecular weight excluding hydrogens is 338 g/mol. The van der Waals surface area contributed by atoms with Crippen LogP contribution in [0.5, 0.6) is 0 Å². The monoisotopic (exact) mass is 349 g/mol. The average Bonchev–Trinajstić information content (AvgIpc) is 3.08. The molecule has 0 fully saturated rings. The van der Waals surface area contributed by atoms with E-state index in [9.17, 15) is 4.79 Å². The zero-order chi connectivity index (χ0) is 17.2. The zero-order valence-corrected chi connectivity index (χ0v) is 13.7. The van der Waals surface area contributed by atoms with Gasteiger partial charge in [0.05, 0.1) is 16.1 Å². The van der Waals surface area contributed by atoms with E-state index in [1.165, 1.54) is 6.20 Å². The van der Waals surface area contributed by atoms with E-state index in [1.807, 2.05) is 24.3 Å². The fraction of sp³-hybridized carbons (Fsp3) is 0. The Bertz CT molecular complexity index is 1030. The van der Waals surface area contributed by atoms with Gasteiger partial charge in [0.25, 0.3) is 5.91 Å². The second-order valence-electron chi connectivity index (χ2n) is 5.38. The maximum atomic E-state index is 12.3. The van der Waals surface area contributed by atoms with Crippen LogP contribution in [0.15, 0.2) is 71.4 Å². The van der Waals surface area contributed by atoms with E-state index in [1.54, 1.807) is 36.5 Å². The molecule has 4 rings (SSSR count). The lowest BCUT2D eigenvalue weighted by molar-refractivity contribution is 0.102. The number of hydrogen-bond acceptors (Lipinski definition) is 4. The third kappa shape index (κ3) is 3.09. The van der Waals surface area contributed by atoms with Gasteiger partial charge in [-0.25, -0.2) is 4.98 Å². The maximum Gasteiger partial charge on any atom is 0.257 e. The van der Waals surface area contributed by atoms with Crippen LogP contribution in [0.3, 0.4) is 0 Å². The number of pyridine rings is 1. The fourth-order valence-corrected chi connectivity index (χ4v) is 2.65. The standard InChI is InChI=1S/C19H12ClN3O2/c20-15-8-7-13(22-18(24)12-4-3-9-21-11-12)10-14(15)19-23-16-5-1-2-6-17(16)25-19/h1-11H,(H,22,24). The molecule has 4 aromatic rings. The third-order valence-corrected chi connectivity index (χ3v) is 4.00. The largest absolute Gasteiger partial charge is 0.436 e. The summed E-state index contributed by atoms with van der Waals surface area (Å²) in [5.41, 5.74) is 3.11. The van der Waals surface area contributed by atoms with Gasteiger partial charge in [-0.1, -0.05) is 23.7 Å². The van der Waals surface area contributed by atoms with Crippen molar-refractivity contribution in [3.63, 3.8) is 0 Å². The van der Waals surface area contributed by atoms with Gasteiger partial charge >= 0.3 is 0 Å². The second-order valence-corrected chi connectivity index (χ2v) is 5.78. The summed E-state index contributed by atoms with van der Waals surface area (Å²) in [5, 5.41) is 3.31. The smallest absolute Gasteiger partial charge is 0.257 e. The van der Waals surface area contributed by atoms with Crippen molar-refractivity contribution in [3.8, 4) is 11.5 Å². The molecule has 0 bridgehead atoms. The Morgan fingerprint density at radius 3 is 2.76 bits per heavy atom. The Morgan fingerprint density at radius 2 is 1.96 bits per heavy atom. The molecule has 1 amide bonds. The van der Waals surface area contributed by atoms with E-state index in [0.717, 1.165) is 5.52 Å². The first-order chi connectivity index (χ1) is 12.2. The number of fused-ring (bicyclic) bond motifs is 1. The minimum absolute atomic E-state index is 0.251. The van der Waals surface area contributed by atoms with Crippen LogP contribution in [-0.2, 0) is 0 Å². The number of carbonyl (C=O) groups excluding carboxylic acids is 1. The summed E-state index contributed by atoms with van der Waals surface area (Å²) >= 11 is 6.29. The van der Waals surface area contributed by atoms with Crippen LogP contribution in [0, 0.1) is 0 Å². The van der Waals surface area contributed by atoms with Gasteiger partial charge < -0.3 is 9.73 Å². The number of para-hydroxylation sites is 2. The normalized spacial score (nSPS) is 10.8. The molecule has 0 spiro atoms. The first-order valence-electron chi connectivity index (χ1n) is 7.57. The molecule has 122 valence electrons. The molecule has 0 saturated carbocycles. The van der Waals surface area contributed by atoms with Gasteiger partial charge in [-0.05, 0) is 42.5 Å². The van der Waals surface area contributed by atoms with E-state index in [-0.39, 0.29) is 5.91 Å². The lowest BCUT2D eigenvalue weighted by Crippen LogP contribution is -2.12. The highest BCUT2D eigenvalue weighted by molar-refractivity contribution is 6.33. The Kier molecular flexibility index (Phi) is 3.91. The number of amides is 1. The van der Waals surface area contributed by atoms with Crippen molar-refractivity contribution in [3.05, 3.63) is 77.6 Å². The molecule has 25 heavy (non-hydrogen) atoms. The number of benzene rings is 2. The van der Waals surface area contributed by atoms with Crippen LogP contribution in [0.2, 0.25) is 5.02 Å². The van der Waals surface area contributed by atoms with E-state index in [4.69, 9.17) is 16.0 Å². The van der Waals surface area contributed by atoms with Crippen molar-refractivity contribution < 1.29 is 9.21 Å². The summed E-state index contributed by atoms with van der Waals surface area (Å²) in [5.74, 6) is 0.155. The lowest BCUT2D eigenvalue weighted by Gasteiger charge is -2.07. The first-order valence-corrected chi connectivity index (χ1v) is 7.95. The topological polar surface area (TPSA) is 68.0 Å². The van der Waals surface area contributed by atoms with Crippen molar-refractivity contribution >= 4 is 34.3 Å². The minimum Gasteiger partial charge on any atom is -0.436 e. The first kappa shape index (κ1) is 15.4. The number of aromatic nitrogens is 2. The quantitative estimate of drug-likeness (QED) is 0.577. The predicted octanol–water partition coefficient (Wildman–Crippen LogP) is 4.80.